The lowest BCUT2D eigenvalue weighted by atomic mass is 9.74. The van der Waals surface area contributed by atoms with Gasteiger partial charge in [0.2, 0.25) is 0 Å². The number of nitrogens with one attached hydrogen (secondary N) is 1. The quantitative estimate of drug-likeness (QED) is 0.730. The van der Waals surface area contributed by atoms with Crippen molar-refractivity contribution >= 4 is 0 Å². The second-order valence-corrected chi connectivity index (χ2v) is 7.05. The van der Waals surface area contributed by atoms with Gasteiger partial charge < -0.3 is 11.1 Å². The lowest BCUT2D eigenvalue weighted by Gasteiger charge is -2.37. The van der Waals surface area contributed by atoms with Gasteiger partial charge in [-0.05, 0) is 49.1 Å². The summed E-state index contributed by atoms with van der Waals surface area (Å²) in [6, 6.07) is 0. The molecule has 0 bridgehead atoms. The molecule has 0 heterocycles. The summed E-state index contributed by atoms with van der Waals surface area (Å²) in [5.74, 6) is 2.30. The summed E-state index contributed by atoms with van der Waals surface area (Å²) in [4.78, 5) is 0. The number of hydrogen-bond acceptors (Lipinski definition) is 2. The van der Waals surface area contributed by atoms with Gasteiger partial charge in [0, 0.05) is 6.54 Å². The van der Waals surface area contributed by atoms with Gasteiger partial charge in [-0.2, -0.15) is 0 Å². The summed E-state index contributed by atoms with van der Waals surface area (Å²) >= 11 is 0. The fourth-order valence-electron chi connectivity index (χ4n) is 3.50. The molecule has 108 valence electrons. The topological polar surface area (TPSA) is 38.0 Å². The van der Waals surface area contributed by atoms with Gasteiger partial charge in [-0.25, -0.2) is 0 Å². The Bertz CT molecular complexity index is 209. The largest absolute Gasteiger partial charge is 0.330 e. The van der Waals surface area contributed by atoms with Crippen LogP contribution in [0.5, 0.6) is 0 Å². The molecule has 0 unspecified atom stereocenters. The van der Waals surface area contributed by atoms with E-state index in [1.165, 1.54) is 32.1 Å². The molecule has 3 N–H and O–H groups in total. The summed E-state index contributed by atoms with van der Waals surface area (Å²) in [6.45, 7) is 12.5. The zero-order valence-electron chi connectivity index (χ0n) is 13.0. The molecule has 2 nitrogen and oxygen atoms in total. The Hall–Kier alpha value is -0.0800. The lowest BCUT2D eigenvalue weighted by Crippen LogP contribution is -2.44. The van der Waals surface area contributed by atoms with Crippen molar-refractivity contribution < 1.29 is 0 Å². The maximum atomic E-state index is 6.03. The van der Waals surface area contributed by atoms with E-state index in [4.69, 9.17) is 5.73 Å². The molecular weight excluding hydrogens is 220 g/mol. The highest BCUT2D eigenvalue weighted by Gasteiger charge is 2.30. The van der Waals surface area contributed by atoms with Crippen LogP contribution in [-0.4, -0.2) is 19.6 Å². The molecule has 1 aliphatic rings. The van der Waals surface area contributed by atoms with Gasteiger partial charge >= 0.3 is 0 Å². The van der Waals surface area contributed by atoms with E-state index in [2.05, 4.69) is 33.0 Å². The van der Waals surface area contributed by atoms with Gasteiger partial charge in [0.25, 0.3) is 0 Å². The highest BCUT2D eigenvalue weighted by atomic mass is 14.9. The molecule has 0 aromatic rings. The van der Waals surface area contributed by atoms with E-state index in [1.54, 1.807) is 0 Å². The first-order chi connectivity index (χ1) is 8.51. The highest BCUT2D eigenvalue weighted by Crippen LogP contribution is 2.34. The van der Waals surface area contributed by atoms with Crippen molar-refractivity contribution in [1.29, 1.82) is 0 Å². The molecule has 1 saturated carbocycles. The number of hydrogen-bond donors (Lipinski definition) is 2. The van der Waals surface area contributed by atoms with E-state index in [0.29, 0.717) is 5.41 Å². The average Bonchev–Trinajstić information content (AvgIpc) is 2.35. The highest BCUT2D eigenvalue weighted by molar-refractivity contribution is 4.86. The minimum Gasteiger partial charge on any atom is -0.330 e. The standard InChI is InChI=1S/C16H34N2/c1-13(2)15(14(3)4)10-18-12-16(11-17)8-6-5-7-9-16/h13-15,18H,5-12,17H2,1-4H3. The third-order valence-corrected chi connectivity index (χ3v) is 4.94. The van der Waals surface area contributed by atoms with Gasteiger partial charge in [0.1, 0.15) is 0 Å². The second-order valence-electron chi connectivity index (χ2n) is 7.05. The van der Waals surface area contributed by atoms with Gasteiger partial charge in [-0.1, -0.05) is 47.0 Å². The average molecular weight is 254 g/mol. The van der Waals surface area contributed by atoms with E-state index in [-0.39, 0.29) is 0 Å². The zero-order valence-corrected chi connectivity index (χ0v) is 13.0. The van der Waals surface area contributed by atoms with Crippen molar-refractivity contribution in [3.05, 3.63) is 0 Å². The SMILES string of the molecule is CC(C)C(CNCC1(CN)CCCCC1)C(C)C. The molecule has 1 aliphatic carbocycles. The molecule has 0 aliphatic heterocycles. The molecule has 2 heteroatoms. The molecule has 0 saturated heterocycles. The van der Waals surface area contributed by atoms with Gasteiger partial charge in [-0.3, -0.25) is 0 Å². The maximum absolute atomic E-state index is 6.03. The Morgan fingerprint density at radius 3 is 2.00 bits per heavy atom. The fourth-order valence-corrected chi connectivity index (χ4v) is 3.50. The maximum Gasteiger partial charge on any atom is 0.00200 e. The Kier molecular flexibility index (Phi) is 6.65. The lowest BCUT2D eigenvalue weighted by molar-refractivity contribution is 0.179. The van der Waals surface area contributed by atoms with Crippen molar-refractivity contribution in [1.82, 2.24) is 5.32 Å². The van der Waals surface area contributed by atoms with Crippen molar-refractivity contribution in [2.75, 3.05) is 19.6 Å². The number of nitrogens with two attached hydrogens (primary N) is 1. The second kappa shape index (κ2) is 7.49. The zero-order chi connectivity index (χ0) is 13.6. The Morgan fingerprint density at radius 1 is 1.00 bits per heavy atom. The van der Waals surface area contributed by atoms with Crippen LogP contribution in [0.4, 0.5) is 0 Å². The molecule has 0 spiro atoms. The fraction of sp³-hybridized carbons (Fsp3) is 1.00. The molecule has 0 amide bonds. The van der Waals surface area contributed by atoms with Gasteiger partial charge in [0.05, 0.1) is 0 Å². The van der Waals surface area contributed by atoms with Crippen LogP contribution < -0.4 is 11.1 Å². The van der Waals surface area contributed by atoms with Crippen LogP contribution in [0.2, 0.25) is 0 Å². The summed E-state index contributed by atoms with van der Waals surface area (Å²) in [7, 11) is 0. The van der Waals surface area contributed by atoms with Gasteiger partial charge in [-0.15, -0.1) is 0 Å². The van der Waals surface area contributed by atoms with Crippen LogP contribution in [0.15, 0.2) is 0 Å². The minimum absolute atomic E-state index is 0.400. The van der Waals surface area contributed by atoms with Crippen molar-refractivity contribution in [3.63, 3.8) is 0 Å². The van der Waals surface area contributed by atoms with Crippen LogP contribution >= 0.6 is 0 Å². The van der Waals surface area contributed by atoms with Crippen LogP contribution in [0.25, 0.3) is 0 Å². The first-order valence-electron chi connectivity index (χ1n) is 7.91. The monoisotopic (exact) mass is 254 g/mol. The third-order valence-electron chi connectivity index (χ3n) is 4.94. The third kappa shape index (κ3) is 4.55. The van der Waals surface area contributed by atoms with E-state index in [1.807, 2.05) is 0 Å². The van der Waals surface area contributed by atoms with Crippen LogP contribution in [0, 0.1) is 23.2 Å². The number of rotatable bonds is 7. The molecule has 0 radical (unpaired) electrons. The normalized spacial score (nSPS) is 20.0. The van der Waals surface area contributed by atoms with E-state index in [9.17, 15) is 0 Å². The van der Waals surface area contributed by atoms with Crippen LogP contribution in [-0.2, 0) is 0 Å². The molecule has 0 aromatic carbocycles. The molecule has 0 atom stereocenters. The smallest absolute Gasteiger partial charge is 0.00200 e. The molecule has 18 heavy (non-hydrogen) atoms. The van der Waals surface area contributed by atoms with Crippen molar-refractivity contribution in [2.24, 2.45) is 28.9 Å². The Balaban J connectivity index is 2.38. The predicted molar refractivity (Wildman–Crippen MR) is 80.6 cm³/mol. The summed E-state index contributed by atoms with van der Waals surface area (Å²) in [6.07, 6.45) is 6.80. The molecule has 1 rings (SSSR count). The first-order valence-corrected chi connectivity index (χ1v) is 7.91. The van der Waals surface area contributed by atoms with Crippen molar-refractivity contribution in [2.45, 2.75) is 59.8 Å². The van der Waals surface area contributed by atoms with E-state index in [0.717, 1.165) is 37.4 Å². The molecule has 1 fully saturated rings. The predicted octanol–water partition coefficient (Wildman–Crippen LogP) is 3.41. The summed E-state index contributed by atoms with van der Waals surface area (Å²) < 4.78 is 0. The minimum atomic E-state index is 0.400. The van der Waals surface area contributed by atoms with Crippen LogP contribution in [0.1, 0.15) is 59.8 Å². The van der Waals surface area contributed by atoms with Gasteiger partial charge in [0.15, 0.2) is 0 Å². The summed E-state index contributed by atoms with van der Waals surface area (Å²) in [5, 5.41) is 3.73. The Morgan fingerprint density at radius 2 is 1.56 bits per heavy atom. The van der Waals surface area contributed by atoms with Crippen molar-refractivity contribution in [3.8, 4) is 0 Å². The first kappa shape index (κ1) is 16.0. The Labute approximate surface area is 114 Å². The molecule has 0 aromatic heterocycles. The summed E-state index contributed by atoms with van der Waals surface area (Å²) in [5.41, 5.74) is 6.43. The van der Waals surface area contributed by atoms with E-state index >= 15 is 0 Å². The van der Waals surface area contributed by atoms with E-state index < -0.39 is 0 Å². The molecular formula is C16H34N2. The van der Waals surface area contributed by atoms with Crippen LogP contribution in [0.3, 0.4) is 0 Å².